The van der Waals surface area contributed by atoms with E-state index in [1.54, 1.807) is 18.3 Å². The maximum atomic E-state index is 12.9. The molecule has 0 aliphatic carbocycles. The number of hydrogen-bond acceptors (Lipinski definition) is 4. The molecule has 0 radical (unpaired) electrons. The van der Waals surface area contributed by atoms with Crippen LogP contribution in [0.15, 0.2) is 48.7 Å². The summed E-state index contributed by atoms with van der Waals surface area (Å²) in [7, 11) is 0. The number of halogens is 1. The zero-order valence-electron chi connectivity index (χ0n) is 13.7. The second-order valence-corrected chi connectivity index (χ2v) is 6.42. The fraction of sp³-hybridized carbons (Fsp3) is 0.421. The maximum Gasteiger partial charge on any atom is 0.123 e. The monoisotopic (exact) mass is 330 g/mol. The molecule has 1 N–H and O–H groups in total. The minimum absolute atomic E-state index is 0.232. The second-order valence-electron chi connectivity index (χ2n) is 6.42. The van der Waals surface area contributed by atoms with Gasteiger partial charge in [-0.15, -0.1) is 0 Å². The molecular formula is C19H23FN2O2. The van der Waals surface area contributed by atoms with Gasteiger partial charge in [0, 0.05) is 19.3 Å². The molecule has 24 heavy (non-hydrogen) atoms. The summed E-state index contributed by atoms with van der Waals surface area (Å²) in [5.74, 6) is 0.292. The number of nitrogens with zero attached hydrogens (tertiary/aromatic N) is 2. The lowest BCUT2D eigenvalue weighted by molar-refractivity contribution is -0.0168. The molecule has 1 atom stereocenters. The van der Waals surface area contributed by atoms with Gasteiger partial charge in [-0.25, -0.2) is 4.39 Å². The van der Waals surface area contributed by atoms with Gasteiger partial charge in [-0.1, -0.05) is 6.07 Å². The van der Waals surface area contributed by atoms with Crippen molar-refractivity contribution in [2.75, 3.05) is 19.7 Å². The molecule has 0 bridgehead atoms. The Morgan fingerprint density at radius 3 is 2.71 bits per heavy atom. The largest absolute Gasteiger partial charge is 0.491 e. The first kappa shape index (κ1) is 16.9. The van der Waals surface area contributed by atoms with Crippen molar-refractivity contribution in [1.82, 2.24) is 9.88 Å². The number of benzene rings is 1. The first-order chi connectivity index (χ1) is 11.6. The van der Waals surface area contributed by atoms with Gasteiger partial charge in [0.05, 0.1) is 11.3 Å². The van der Waals surface area contributed by atoms with Crippen LogP contribution >= 0.6 is 0 Å². The zero-order chi connectivity index (χ0) is 16.8. The predicted octanol–water partition coefficient (Wildman–Crippen LogP) is 3.02. The SMILES string of the molecule is OC1(COc2ccc(F)cc2)CCCN(Cc2ccccn2)CC1. The molecule has 1 fully saturated rings. The quantitative estimate of drug-likeness (QED) is 0.915. The number of pyridine rings is 1. The molecule has 2 aromatic rings. The average Bonchev–Trinajstić information content (AvgIpc) is 2.78. The van der Waals surface area contributed by atoms with Gasteiger partial charge in [0.1, 0.15) is 18.2 Å². The molecule has 128 valence electrons. The van der Waals surface area contributed by atoms with Gasteiger partial charge in [-0.2, -0.15) is 0 Å². The van der Waals surface area contributed by atoms with E-state index in [1.807, 2.05) is 18.2 Å². The van der Waals surface area contributed by atoms with E-state index in [0.717, 1.165) is 31.7 Å². The second kappa shape index (κ2) is 7.73. The highest BCUT2D eigenvalue weighted by atomic mass is 19.1. The number of aromatic nitrogens is 1. The molecule has 0 spiro atoms. The van der Waals surface area contributed by atoms with Crippen molar-refractivity contribution in [3.05, 3.63) is 60.2 Å². The Balaban J connectivity index is 1.52. The van der Waals surface area contributed by atoms with Crippen LogP contribution in [0.4, 0.5) is 4.39 Å². The summed E-state index contributed by atoms with van der Waals surface area (Å²) in [6.45, 7) is 2.78. The van der Waals surface area contributed by atoms with Crippen LogP contribution in [-0.2, 0) is 6.54 Å². The number of rotatable bonds is 5. The Morgan fingerprint density at radius 1 is 1.12 bits per heavy atom. The summed E-state index contributed by atoms with van der Waals surface area (Å²) < 4.78 is 18.6. The molecule has 4 nitrogen and oxygen atoms in total. The van der Waals surface area contributed by atoms with E-state index in [4.69, 9.17) is 4.74 Å². The summed E-state index contributed by atoms with van der Waals surface area (Å²) in [5.41, 5.74) is 0.207. The summed E-state index contributed by atoms with van der Waals surface area (Å²) >= 11 is 0. The number of aliphatic hydroxyl groups is 1. The molecule has 1 aliphatic heterocycles. The molecule has 2 heterocycles. The van der Waals surface area contributed by atoms with Crippen LogP contribution in [0.1, 0.15) is 25.0 Å². The van der Waals surface area contributed by atoms with Gasteiger partial charge in [0.15, 0.2) is 0 Å². The highest BCUT2D eigenvalue weighted by Crippen LogP contribution is 2.24. The number of hydrogen-bond donors (Lipinski definition) is 1. The number of likely N-dealkylation sites (tertiary alicyclic amines) is 1. The lowest BCUT2D eigenvalue weighted by Gasteiger charge is -2.27. The van der Waals surface area contributed by atoms with E-state index in [-0.39, 0.29) is 12.4 Å². The molecule has 3 rings (SSSR count). The van der Waals surface area contributed by atoms with Gasteiger partial charge in [0.25, 0.3) is 0 Å². The predicted molar refractivity (Wildman–Crippen MR) is 90.2 cm³/mol. The van der Waals surface area contributed by atoms with Crippen LogP contribution in [-0.4, -0.2) is 40.3 Å². The molecule has 0 saturated carbocycles. The first-order valence-electron chi connectivity index (χ1n) is 8.36. The molecule has 1 aromatic carbocycles. The lowest BCUT2D eigenvalue weighted by Crippen LogP contribution is -2.37. The smallest absolute Gasteiger partial charge is 0.123 e. The van der Waals surface area contributed by atoms with Crippen LogP contribution in [0.3, 0.4) is 0 Å². The Kier molecular flexibility index (Phi) is 5.43. The highest BCUT2D eigenvalue weighted by Gasteiger charge is 2.31. The summed E-state index contributed by atoms with van der Waals surface area (Å²) in [5, 5.41) is 10.8. The molecule has 1 unspecified atom stereocenters. The van der Waals surface area contributed by atoms with Crippen molar-refractivity contribution in [1.29, 1.82) is 0 Å². The van der Waals surface area contributed by atoms with Crippen molar-refractivity contribution in [2.45, 2.75) is 31.4 Å². The summed E-state index contributed by atoms with van der Waals surface area (Å²) in [6.07, 6.45) is 4.07. The third kappa shape index (κ3) is 4.76. The Bertz CT molecular complexity index is 636. The standard InChI is InChI=1S/C19H23FN2O2/c20-16-5-7-18(8-6-16)24-15-19(23)9-3-12-22(13-10-19)14-17-4-1-2-11-21-17/h1-2,4-8,11,23H,3,9-10,12-15H2. The van der Waals surface area contributed by atoms with E-state index in [9.17, 15) is 9.50 Å². The Labute approximate surface area is 141 Å². The van der Waals surface area contributed by atoms with Crippen LogP contribution in [0, 0.1) is 5.82 Å². The summed E-state index contributed by atoms with van der Waals surface area (Å²) in [6, 6.07) is 11.8. The van der Waals surface area contributed by atoms with E-state index in [1.165, 1.54) is 12.1 Å². The van der Waals surface area contributed by atoms with Crippen molar-refractivity contribution in [3.63, 3.8) is 0 Å². The van der Waals surface area contributed by atoms with Gasteiger partial charge in [0.2, 0.25) is 0 Å². The minimum atomic E-state index is -0.840. The van der Waals surface area contributed by atoms with Crippen molar-refractivity contribution in [3.8, 4) is 5.75 Å². The average molecular weight is 330 g/mol. The van der Waals surface area contributed by atoms with Gasteiger partial charge < -0.3 is 9.84 Å². The topological polar surface area (TPSA) is 45.6 Å². The van der Waals surface area contributed by atoms with Gasteiger partial charge >= 0.3 is 0 Å². The van der Waals surface area contributed by atoms with E-state index in [2.05, 4.69) is 9.88 Å². The highest BCUT2D eigenvalue weighted by molar-refractivity contribution is 5.22. The zero-order valence-corrected chi connectivity index (χ0v) is 13.7. The van der Waals surface area contributed by atoms with Crippen LogP contribution in [0.2, 0.25) is 0 Å². The summed E-state index contributed by atoms with van der Waals surface area (Å²) in [4.78, 5) is 6.68. The van der Waals surface area contributed by atoms with E-state index in [0.29, 0.717) is 18.6 Å². The van der Waals surface area contributed by atoms with E-state index < -0.39 is 5.60 Å². The normalized spacial score (nSPS) is 22.1. The van der Waals surface area contributed by atoms with Crippen LogP contribution in [0.25, 0.3) is 0 Å². The van der Waals surface area contributed by atoms with Gasteiger partial charge in [-0.05, 0) is 62.2 Å². The lowest BCUT2D eigenvalue weighted by atomic mass is 9.96. The number of ether oxygens (including phenoxy) is 1. The van der Waals surface area contributed by atoms with Crippen molar-refractivity contribution >= 4 is 0 Å². The van der Waals surface area contributed by atoms with Crippen LogP contribution in [0.5, 0.6) is 5.75 Å². The Hall–Kier alpha value is -1.98. The third-order valence-corrected chi connectivity index (χ3v) is 4.44. The maximum absolute atomic E-state index is 12.9. The fourth-order valence-electron chi connectivity index (χ4n) is 3.01. The van der Waals surface area contributed by atoms with Gasteiger partial charge in [-0.3, -0.25) is 9.88 Å². The molecule has 5 heteroatoms. The Morgan fingerprint density at radius 2 is 1.96 bits per heavy atom. The minimum Gasteiger partial charge on any atom is -0.491 e. The molecule has 1 aliphatic rings. The molecular weight excluding hydrogens is 307 g/mol. The first-order valence-corrected chi connectivity index (χ1v) is 8.36. The molecule has 0 amide bonds. The van der Waals surface area contributed by atoms with E-state index >= 15 is 0 Å². The molecule has 1 saturated heterocycles. The van der Waals surface area contributed by atoms with Crippen molar-refractivity contribution < 1.29 is 14.2 Å². The fourth-order valence-corrected chi connectivity index (χ4v) is 3.01. The van der Waals surface area contributed by atoms with Crippen molar-refractivity contribution in [2.24, 2.45) is 0 Å². The third-order valence-electron chi connectivity index (χ3n) is 4.44. The van der Waals surface area contributed by atoms with Crippen LogP contribution < -0.4 is 4.74 Å². The molecule has 1 aromatic heterocycles.